The highest BCUT2D eigenvalue weighted by atomic mass is 35.5. The Morgan fingerprint density at radius 1 is 1.58 bits per heavy atom. The van der Waals surface area contributed by atoms with Gasteiger partial charge in [0, 0.05) is 12.1 Å². The second-order valence-corrected chi connectivity index (χ2v) is 2.81. The molecule has 0 aromatic carbocycles. The molecular formula is C10H12ClN. The van der Waals surface area contributed by atoms with Gasteiger partial charge in [0.05, 0.1) is 5.69 Å². The van der Waals surface area contributed by atoms with Gasteiger partial charge in [-0.25, -0.2) is 0 Å². The molecular weight excluding hydrogens is 170 g/mol. The van der Waals surface area contributed by atoms with Gasteiger partial charge in [-0.05, 0) is 24.6 Å². The van der Waals surface area contributed by atoms with Gasteiger partial charge in [-0.3, -0.25) is 4.98 Å². The van der Waals surface area contributed by atoms with Crippen molar-refractivity contribution in [3.8, 4) is 0 Å². The van der Waals surface area contributed by atoms with Crippen molar-refractivity contribution in [2.45, 2.75) is 13.3 Å². The van der Waals surface area contributed by atoms with Crippen molar-refractivity contribution in [2.24, 2.45) is 0 Å². The van der Waals surface area contributed by atoms with Crippen LogP contribution in [0.3, 0.4) is 0 Å². The van der Waals surface area contributed by atoms with E-state index in [2.05, 4.69) is 11.9 Å². The van der Waals surface area contributed by atoms with Crippen molar-refractivity contribution < 1.29 is 0 Å². The number of hydrogen-bond acceptors (Lipinski definition) is 1. The third-order valence-corrected chi connectivity index (χ3v) is 2.01. The molecule has 1 nitrogen and oxygen atoms in total. The predicted octanol–water partition coefficient (Wildman–Crippen LogP) is 3.11. The third-order valence-electron chi connectivity index (χ3n) is 1.67. The zero-order valence-electron chi connectivity index (χ0n) is 7.13. The Bertz CT molecular complexity index is 248. The topological polar surface area (TPSA) is 12.9 Å². The van der Waals surface area contributed by atoms with Crippen LogP contribution in [0.1, 0.15) is 19.0 Å². The van der Waals surface area contributed by atoms with Crippen molar-refractivity contribution in [2.75, 3.05) is 5.88 Å². The predicted molar refractivity (Wildman–Crippen MR) is 53.2 cm³/mol. The van der Waals surface area contributed by atoms with Gasteiger partial charge < -0.3 is 0 Å². The van der Waals surface area contributed by atoms with Gasteiger partial charge in [0.2, 0.25) is 0 Å². The smallest absolute Gasteiger partial charge is 0.0629 e. The fourth-order valence-corrected chi connectivity index (χ4v) is 1.17. The maximum atomic E-state index is 5.72. The van der Waals surface area contributed by atoms with Crippen LogP contribution in [0.15, 0.2) is 30.0 Å². The monoisotopic (exact) mass is 181 g/mol. The van der Waals surface area contributed by atoms with E-state index < -0.39 is 0 Å². The van der Waals surface area contributed by atoms with Crippen molar-refractivity contribution >= 4 is 17.7 Å². The molecule has 0 aliphatic carbocycles. The molecule has 0 N–H and O–H groups in total. The van der Waals surface area contributed by atoms with Gasteiger partial charge in [0.1, 0.15) is 0 Å². The molecule has 12 heavy (non-hydrogen) atoms. The van der Waals surface area contributed by atoms with E-state index in [0.29, 0.717) is 5.88 Å². The van der Waals surface area contributed by atoms with Crippen LogP contribution in [0.25, 0.3) is 6.08 Å². The number of aromatic nitrogens is 1. The Kier molecular flexibility index (Phi) is 3.81. The highest BCUT2D eigenvalue weighted by Crippen LogP contribution is 2.08. The van der Waals surface area contributed by atoms with Gasteiger partial charge in [-0.15, -0.1) is 11.6 Å². The molecule has 0 aliphatic heterocycles. The third kappa shape index (κ3) is 2.67. The summed E-state index contributed by atoms with van der Waals surface area (Å²) in [5.41, 5.74) is 2.20. The van der Waals surface area contributed by atoms with E-state index in [1.807, 2.05) is 24.3 Å². The van der Waals surface area contributed by atoms with Crippen LogP contribution in [0, 0.1) is 0 Å². The molecule has 0 spiro atoms. The average Bonchev–Trinajstić information content (AvgIpc) is 2.16. The van der Waals surface area contributed by atoms with Crippen LogP contribution in [-0.4, -0.2) is 10.9 Å². The zero-order valence-corrected chi connectivity index (χ0v) is 7.88. The molecule has 2 heteroatoms. The van der Waals surface area contributed by atoms with Gasteiger partial charge >= 0.3 is 0 Å². The number of alkyl halides is 1. The Morgan fingerprint density at radius 3 is 2.92 bits per heavy atom. The quantitative estimate of drug-likeness (QED) is 0.653. The fraction of sp³-hybridized carbons (Fsp3) is 0.300. The second kappa shape index (κ2) is 4.94. The maximum Gasteiger partial charge on any atom is 0.0629 e. The molecule has 0 fully saturated rings. The summed E-state index contributed by atoms with van der Waals surface area (Å²) in [5.74, 6) is 0.590. The van der Waals surface area contributed by atoms with Crippen molar-refractivity contribution in [3.05, 3.63) is 35.7 Å². The summed E-state index contributed by atoms with van der Waals surface area (Å²) in [5, 5.41) is 0. The van der Waals surface area contributed by atoms with Crippen LogP contribution in [0.4, 0.5) is 0 Å². The minimum atomic E-state index is 0.590. The molecule has 1 rings (SSSR count). The van der Waals surface area contributed by atoms with Crippen LogP contribution >= 0.6 is 11.6 Å². The van der Waals surface area contributed by atoms with Crippen LogP contribution in [-0.2, 0) is 0 Å². The number of halogens is 1. The standard InChI is InChI=1S/C10H12ClN/c1-2-9(8-11)7-10-5-3-4-6-12-10/h3-7H,2,8H2,1H3. The number of allylic oxidation sites excluding steroid dienone is 1. The van der Waals surface area contributed by atoms with Gasteiger partial charge in [0.25, 0.3) is 0 Å². The first-order valence-corrected chi connectivity index (χ1v) is 4.56. The number of pyridine rings is 1. The summed E-state index contributed by atoms with van der Waals surface area (Å²) in [4.78, 5) is 4.18. The molecule has 0 saturated heterocycles. The highest BCUT2D eigenvalue weighted by Gasteiger charge is 1.92. The van der Waals surface area contributed by atoms with E-state index in [4.69, 9.17) is 11.6 Å². The lowest BCUT2D eigenvalue weighted by Crippen LogP contribution is -1.84. The first-order valence-electron chi connectivity index (χ1n) is 4.03. The summed E-state index contributed by atoms with van der Waals surface area (Å²) in [7, 11) is 0. The minimum absolute atomic E-state index is 0.590. The Balaban J connectivity index is 2.79. The summed E-state index contributed by atoms with van der Waals surface area (Å²) in [6.07, 6.45) is 4.81. The molecule has 0 unspecified atom stereocenters. The van der Waals surface area contributed by atoms with Gasteiger partial charge in [-0.1, -0.05) is 18.6 Å². The lowest BCUT2D eigenvalue weighted by atomic mass is 10.2. The maximum absolute atomic E-state index is 5.72. The van der Waals surface area contributed by atoms with Crippen molar-refractivity contribution in [1.82, 2.24) is 4.98 Å². The van der Waals surface area contributed by atoms with Crippen LogP contribution < -0.4 is 0 Å². The van der Waals surface area contributed by atoms with Crippen molar-refractivity contribution in [3.63, 3.8) is 0 Å². The Hall–Kier alpha value is -0.820. The molecule has 0 amide bonds. The largest absolute Gasteiger partial charge is 0.257 e. The van der Waals surface area contributed by atoms with Gasteiger partial charge in [-0.2, -0.15) is 0 Å². The molecule has 0 aliphatic rings. The first-order chi connectivity index (χ1) is 5.86. The van der Waals surface area contributed by atoms with Crippen molar-refractivity contribution in [1.29, 1.82) is 0 Å². The van der Waals surface area contributed by atoms with E-state index >= 15 is 0 Å². The zero-order chi connectivity index (χ0) is 8.81. The molecule has 1 heterocycles. The Labute approximate surface area is 78.1 Å². The summed E-state index contributed by atoms with van der Waals surface area (Å²) < 4.78 is 0. The number of hydrogen-bond donors (Lipinski definition) is 0. The summed E-state index contributed by atoms with van der Waals surface area (Å²) in [6.45, 7) is 2.09. The molecule has 1 aromatic rings. The Morgan fingerprint density at radius 2 is 2.42 bits per heavy atom. The number of nitrogens with zero attached hydrogens (tertiary/aromatic N) is 1. The normalized spacial score (nSPS) is 11.7. The van der Waals surface area contributed by atoms with E-state index in [1.54, 1.807) is 6.20 Å². The lowest BCUT2D eigenvalue weighted by molar-refractivity contribution is 1.11. The summed E-state index contributed by atoms with van der Waals surface area (Å²) >= 11 is 5.72. The lowest BCUT2D eigenvalue weighted by Gasteiger charge is -1.97. The molecule has 0 radical (unpaired) electrons. The first kappa shape index (κ1) is 9.27. The molecule has 64 valence electrons. The number of rotatable bonds is 3. The fourth-order valence-electron chi connectivity index (χ4n) is 0.906. The van der Waals surface area contributed by atoms with E-state index in [1.165, 1.54) is 5.57 Å². The van der Waals surface area contributed by atoms with Gasteiger partial charge in [0.15, 0.2) is 0 Å². The SMILES string of the molecule is CCC(=Cc1ccccn1)CCl. The minimum Gasteiger partial charge on any atom is -0.257 e. The van der Waals surface area contributed by atoms with Crippen LogP contribution in [0.2, 0.25) is 0 Å². The second-order valence-electron chi connectivity index (χ2n) is 2.54. The molecule has 0 saturated carbocycles. The van der Waals surface area contributed by atoms with E-state index in [9.17, 15) is 0 Å². The molecule has 0 atom stereocenters. The van der Waals surface area contributed by atoms with E-state index in [-0.39, 0.29) is 0 Å². The molecule has 0 bridgehead atoms. The summed E-state index contributed by atoms with van der Waals surface area (Å²) in [6, 6.07) is 5.85. The molecule has 1 aromatic heterocycles. The average molecular weight is 182 g/mol. The van der Waals surface area contributed by atoms with E-state index in [0.717, 1.165) is 12.1 Å². The van der Waals surface area contributed by atoms with Crippen LogP contribution in [0.5, 0.6) is 0 Å². The highest BCUT2D eigenvalue weighted by molar-refractivity contribution is 6.19.